The van der Waals surface area contributed by atoms with Crippen LogP contribution in [0.25, 0.3) is 10.9 Å². The van der Waals surface area contributed by atoms with Gasteiger partial charge >= 0.3 is 12.1 Å². The molecule has 4 rings (SSSR count). The molecule has 3 atom stereocenters. The number of hydrogen-bond donors (Lipinski definition) is 0. The van der Waals surface area contributed by atoms with Crippen molar-refractivity contribution in [1.29, 1.82) is 0 Å². The zero-order chi connectivity index (χ0) is 31.2. The van der Waals surface area contributed by atoms with E-state index in [1.807, 2.05) is 13.0 Å². The van der Waals surface area contributed by atoms with E-state index in [1.54, 1.807) is 19.2 Å². The van der Waals surface area contributed by atoms with Crippen molar-refractivity contribution in [1.82, 2.24) is 9.88 Å². The number of alkyl halides is 3. The third-order valence-corrected chi connectivity index (χ3v) is 8.32. The summed E-state index contributed by atoms with van der Waals surface area (Å²) in [6, 6.07) is 3.86. The number of esters is 1. The standard InChI is InChI=1S/C32H41F3N2O6/c1-5-6-7-8-9-11-21(2)29(38)37-20-31(19-26(37)30(39)41-4)15-14-23-24-18-22(42-17-10-16-40-3)12-13-25(24)36-28(27(23)43-31)32(33,34)35/h5,12-13,18,21,26H,1,6-11,14-17,19-20H2,2-4H3/t21-,26-,31+/m0/s1. The van der Waals surface area contributed by atoms with Crippen LogP contribution in [-0.4, -0.2) is 67.4 Å². The fourth-order valence-electron chi connectivity index (χ4n) is 6.05. The van der Waals surface area contributed by atoms with Crippen LogP contribution in [0.4, 0.5) is 13.2 Å². The molecule has 0 saturated carbocycles. The van der Waals surface area contributed by atoms with Crippen molar-refractivity contribution in [3.05, 3.63) is 42.1 Å². The van der Waals surface area contributed by atoms with Gasteiger partial charge in [-0.2, -0.15) is 13.2 Å². The van der Waals surface area contributed by atoms with Gasteiger partial charge in [-0.15, -0.1) is 6.58 Å². The largest absolute Gasteiger partial charge is 0.493 e. The smallest absolute Gasteiger partial charge is 0.437 e. The van der Waals surface area contributed by atoms with E-state index in [0.29, 0.717) is 49.2 Å². The Labute approximate surface area is 250 Å². The molecule has 0 bridgehead atoms. The molecule has 0 N–H and O–H groups in total. The topological polar surface area (TPSA) is 87.2 Å². The van der Waals surface area contributed by atoms with E-state index >= 15 is 0 Å². The second-order valence-electron chi connectivity index (χ2n) is 11.5. The lowest BCUT2D eigenvalue weighted by molar-refractivity contribution is -0.152. The first-order chi connectivity index (χ1) is 20.5. The van der Waals surface area contributed by atoms with Gasteiger partial charge in [0.2, 0.25) is 5.91 Å². The number of allylic oxidation sites excluding steroid dienone is 1. The third-order valence-electron chi connectivity index (χ3n) is 8.32. The quantitative estimate of drug-likeness (QED) is 0.151. The SMILES string of the molecule is C=CCCCCC[C@H](C)C(=O)N1C[C@@]2(CCc3c(c(C(F)(F)F)nc4ccc(OCCCOC)cc34)O2)C[C@H]1C(=O)OC. The number of unbranched alkanes of at least 4 members (excludes halogenated alkanes) is 3. The number of fused-ring (bicyclic) bond motifs is 3. The highest BCUT2D eigenvalue weighted by Crippen LogP contribution is 2.48. The molecule has 1 spiro atoms. The summed E-state index contributed by atoms with van der Waals surface area (Å²) in [5, 5.41) is 0.516. The van der Waals surface area contributed by atoms with Gasteiger partial charge in [0.1, 0.15) is 17.4 Å². The summed E-state index contributed by atoms with van der Waals surface area (Å²) in [7, 11) is 2.84. The molecule has 236 valence electrons. The van der Waals surface area contributed by atoms with Crippen molar-refractivity contribution in [3.63, 3.8) is 0 Å². The van der Waals surface area contributed by atoms with E-state index in [9.17, 15) is 22.8 Å². The highest BCUT2D eigenvalue weighted by molar-refractivity contribution is 5.88. The number of methoxy groups -OCH3 is 2. The first kappa shape index (κ1) is 32.6. The van der Waals surface area contributed by atoms with Crippen molar-refractivity contribution in [2.75, 3.05) is 34.0 Å². The number of pyridine rings is 1. The lowest BCUT2D eigenvalue weighted by Gasteiger charge is -2.37. The van der Waals surface area contributed by atoms with Gasteiger partial charge in [-0.25, -0.2) is 9.78 Å². The van der Waals surface area contributed by atoms with Crippen molar-refractivity contribution < 1.29 is 41.7 Å². The van der Waals surface area contributed by atoms with Gasteiger partial charge < -0.3 is 23.8 Å². The van der Waals surface area contributed by atoms with Crippen LogP contribution in [0, 0.1) is 5.92 Å². The number of hydrogen-bond acceptors (Lipinski definition) is 7. The first-order valence-electron chi connectivity index (χ1n) is 14.9. The molecule has 8 nitrogen and oxygen atoms in total. The van der Waals surface area contributed by atoms with Crippen LogP contribution in [0.1, 0.15) is 69.5 Å². The molecule has 0 radical (unpaired) electrons. The number of amides is 1. The molecule has 2 aliphatic heterocycles. The molecule has 43 heavy (non-hydrogen) atoms. The minimum atomic E-state index is -4.78. The maximum absolute atomic E-state index is 14.3. The predicted octanol–water partition coefficient (Wildman–Crippen LogP) is 6.28. The predicted molar refractivity (Wildman–Crippen MR) is 155 cm³/mol. The molecule has 11 heteroatoms. The molecule has 2 aromatic rings. The number of rotatable bonds is 13. The summed E-state index contributed by atoms with van der Waals surface area (Å²) in [4.78, 5) is 31.8. The number of aromatic nitrogens is 1. The van der Waals surface area contributed by atoms with Gasteiger partial charge in [0.05, 0.1) is 25.8 Å². The number of ether oxygens (including phenoxy) is 4. The second-order valence-corrected chi connectivity index (χ2v) is 11.5. The molecule has 3 heterocycles. The summed E-state index contributed by atoms with van der Waals surface area (Å²) < 4.78 is 65.1. The Morgan fingerprint density at radius 1 is 1.21 bits per heavy atom. The summed E-state index contributed by atoms with van der Waals surface area (Å²) in [6.45, 7) is 6.45. The third kappa shape index (κ3) is 7.42. The normalized spacial score (nSPS) is 20.5. The Kier molecular flexibility index (Phi) is 10.6. The molecular formula is C32H41F3N2O6. The monoisotopic (exact) mass is 606 g/mol. The van der Waals surface area contributed by atoms with E-state index in [4.69, 9.17) is 18.9 Å². The maximum Gasteiger partial charge on any atom is 0.437 e. The average Bonchev–Trinajstić information content (AvgIpc) is 3.35. The van der Waals surface area contributed by atoms with E-state index in [-0.39, 0.29) is 42.5 Å². The van der Waals surface area contributed by atoms with Crippen molar-refractivity contribution in [2.45, 2.75) is 82.5 Å². The Bertz CT molecular complexity index is 1320. The van der Waals surface area contributed by atoms with Crippen LogP contribution in [0.15, 0.2) is 30.9 Å². The van der Waals surface area contributed by atoms with Crippen LogP contribution in [0.5, 0.6) is 11.5 Å². The van der Waals surface area contributed by atoms with Gasteiger partial charge in [-0.05, 0) is 50.3 Å². The van der Waals surface area contributed by atoms with Crippen LogP contribution < -0.4 is 9.47 Å². The van der Waals surface area contributed by atoms with Gasteiger partial charge in [-0.3, -0.25) is 4.79 Å². The molecule has 1 saturated heterocycles. The summed E-state index contributed by atoms with van der Waals surface area (Å²) >= 11 is 0. The molecular weight excluding hydrogens is 565 g/mol. The number of halogens is 3. The summed E-state index contributed by atoms with van der Waals surface area (Å²) in [6.07, 6.45) is 2.69. The Morgan fingerprint density at radius 3 is 2.70 bits per heavy atom. The summed E-state index contributed by atoms with van der Waals surface area (Å²) in [5.41, 5.74) is -1.73. The maximum atomic E-state index is 14.3. The minimum Gasteiger partial charge on any atom is -0.493 e. The molecule has 1 aromatic carbocycles. The van der Waals surface area contributed by atoms with Crippen LogP contribution >= 0.6 is 0 Å². The van der Waals surface area contributed by atoms with Gasteiger partial charge in [0, 0.05) is 43.4 Å². The Hall–Kier alpha value is -3.34. The number of carbonyl (C=O) groups is 2. The highest BCUT2D eigenvalue weighted by atomic mass is 19.4. The zero-order valence-electron chi connectivity index (χ0n) is 25.1. The number of nitrogens with zero attached hydrogens (tertiary/aromatic N) is 2. The lowest BCUT2D eigenvalue weighted by Crippen LogP contribution is -2.46. The number of likely N-dealkylation sites (tertiary alicyclic amines) is 1. The second kappa shape index (κ2) is 14.0. The number of carbonyl (C=O) groups excluding carboxylic acids is 2. The van der Waals surface area contributed by atoms with E-state index < -0.39 is 29.5 Å². The van der Waals surface area contributed by atoms with E-state index in [0.717, 1.165) is 25.7 Å². The van der Waals surface area contributed by atoms with Crippen LogP contribution in [0.3, 0.4) is 0 Å². The molecule has 0 unspecified atom stereocenters. The fraction of sp³-hybridized carbons (Fsp3) is 0.594. The van der Waals surface area contributed by atoms with Crippen molar-refractivity contribution in [3.8, 4) is 11.5 Å². The first-order valence-corrected chi connectivity index (χ1v) is 14.9. The van der Waals surface area contributed by atoms with Crippen molar-refractivity contribution in [2.24, 2.45) is 5.92 Å². The molecule has 0 aliphatic carbocycles. The van der Waals surface area contributed by atoms with Crippen LogP contribution in [0.2, 0.25) is 0 Å². The highest BCUT2D eigenvalue weighted by Gasteiger charge is 2.54. The molecule has 1 amide bonds. The Morgan fingerprint density at radius 2 is 2.00 bits per heavy atom. The minimum absolute atomic E-state index is 0.0101. The molecule has 1 fully saturated rings. The fourth-order valence-corrected chi connectivity index (χ4v) is 6.05. The zero-order valence-corrected chi connectivity index (χ0v) is 25.1. The van der Waals surface area contributed by atoms with Crippen molar-refractivity contribution >= 4 is 22.8 Å². The number of aryl methyl sites for hydroxylation is 1. The van der Waals surface area contributed by atoms with E-state index in [2.05, 4.69) is 11.6 Å². The molecule has 1 aromatic heterocycles. The van der Waals surface area contributed by atoms with E-state index in [1.165, 1.54) is 18.1 Å². The summed E-state index contributed by atoms with van der Waals surface area (Å²) in [5.74, 6) is -1.04. The van der Waals surface area contributed by atoms with Gasteiger partial charge in [-0.1, -0.05) is 25.8 Å². The van der Waals surface area contributed by atoms with Crippen LogP contribution in [-0.2, 0) is 31.7 Å². The van der Waals surface area contributed by atoms with Gasteiger partial charge in [0.15, 0.2) is 11.4 Å². The molecule has 2 aliphatic rings. The van der Waals surface area contributed by atoms with Gasteiger partial charge in [0.25, 0.3) is 0 Å². The lowest BCUT2D eigenvalue weighted by atomic mass is 9.87. The number of benzene rings is 1. The average molecular weight is 607 g/mol. The Balaban J connectivity index is 1.63.